The van der Waals surface area contributed by atoms with Crippen LogP contribution in [0.5, 0.6) is 0 Å². The summed E-state index contributed by atoms with van der Waals surface area (Å²) in [7, 11) is 0. The van der Waals surface area contributed by atoms with Crippen LogP contribution in [-0.2, 0) is 9.53 Å². The Morgan fingerprint density at radius 2 is 1.82 bits per heavy atom. The molecule has 0 radical (unpaired) electrons. The Hall–Kier alpha value is -2.61. The number of carbonyl (C=O) groups is 1. The third kappa shape index (κ3) is 4.27. The first-order valence-corrected chi connectivity index (χ1v) is 9.98. The zero-order valence-corrected chi connectivity index (χ0v) is 16.0. The second kappa shape index (κ2) is 8.60. The molecule has 2 aromatic carbocycles. The van der Waals surface area contributed by atoms with Crippen LogP contribution in [-0.4, -0.2) is 42.1 Å². The van der Waals surface area contributed by atoms with Gasteiger partial charge in [0, 0.05) is 24.0 Å². The van der Waals surface area contributed by atoms with Crippen LogP contribution >= 0.6 is 11.3 Å². The number of nitrogens with one attached hydrogen (secondary N) is 1. The largest absolute Gasteiger partial charge is 0.379 e. The van der Waals surface area contributed by atoms with Crippen molar-refractivity contribution < 1.29 is 13.9 Å². The highest BCUT2D eigenvalue weighted by Gasteiger charge is 2.29. The van der Waals surface area contributed by atoms with Gasteiger partial charge in [0.25, 0.3) is 0 Å². The number of hydrogen-bond acceptors (Lipinski definition) is 5. The van der Waals surface area contributed by atoms with Gasteiger partial charge in [-0.05, 0) is 29.8 Å². The van der Waals surface area contributed by atoms with Gasteiger partial charge in [0.15, 0.2) is 5.13 Å². The molecule has 0 aliphatic carbocycles. The van der Waals surface area contributed by atoms with Gasteiger partial charge in [-0.15, -0.1) is 11.3 Å². The average molecular weight is 397 g/mol. The Kier molecular flexibility index (Phi) is 5.76. The monoisotopic (exact) mass is 397 g/mol. The molecule has 1 N–H and O–H groups in total. The maximum Gasteiger partial charge on any atom is 0.248 e. The lowest BCUT2D eigenvalue weighted by Gasteiger charge is -2.33. The number of ether oxygens (including phenoxy) is 1. The van der Waals surface area contributed by atoms with E-state index in [0.29, 0.717) is 37.1 Å². The summed E-state index contributed by atoms with van der Waals surface area (Å²) in [6, 6.07) is 15.5. The molecule has 0 unspecified atom stereocenters. The Morgan fingerprint density at radius 3 is 2.54 bits per heavy atom. The zero-order valence-electron chi connectivity index (χ0n) is 15.2. The summed E-state index contributed by atoms with van der Waals surface area (Å²) in [5, 5.41) is 5.33. The predicted octanol–water partition coefficient (Wildman–Crippen LogP) is 3.96. The molecule has 0 saturated carbocycles. The van der Waals surface area contributed by atoms with E-state index < -0.39 is 6.04 Å². The number of aromatic nitrogens is 1. The van der Waals surface area contributed by atoms with Gasteiger partial charge in [0.1, 0.15) is 11.9 Å². The molecule has 0 bridgehead atoms. The van der Waals surface area contributed by atoms with Gasteiger partial charge in [0.2, 0.25) is 5.91 Å². The molecule has 7 heteroatoms. The Bertz CT molecular complexity index is 924. The zero-order chi connectivity index (χ0) is 19.3. The molecule has 1 aliphatic heterocycles. The quantitative estimate of drug-likeness (QED) is 0.708. The number of benzene rings is 2. The number of morpholine rings is 1. The molecule has 1 aliphatic rings. The fourth-order valence-corrected chi connectivity index (χ4v) is 3.98. The van der Waals surface area contributed by atoms with Crippen LogP contribution in [0.4, 0.5) is 9.52 Å². The molecule has 144 valence electrons. The molecule has 1 saturated heterocycles. The number of anilines is 1. The highest BCUT2D eigenvalue weighted by Crippen LogP contribution is 2.28. The summed E-state index contributed by atoms with van der Waals surface area (Å²) in [5.41, 5.74) is 2.46. The molecular formula is C21H20FN3O2S. The number of rotatable bonds is 5. The smallest absolute Gasteiger partial charge is 0.248 e. The topological polar surface area (TPSA) is 54.5 Å². The maximum absolute atomic E-state index is 13.1. The van der Waals surface area contributed by atoms with E-state index in [-0.39, 0.29) is 11.7 Å². The van der Waals surface area contributed by atoms with Crippen molar-refractivity contribution in [2.24, 2.45) is 0 Å². The SMILES string of the molecule is O=C(Nc1nc(-c2ccc(F)cc2)cs1)[C@H](c1ccccc1)N1CCOCC1. The van der Waals surface area contributed by atoms with Gasteiger partial charge < -0.3 is 10.1 Å². The van der Waals surface area contributed by atoms with Gasteiger partial charge in [0.05, 0.1) is 18.9 Å². The molecule has 1 fully saturated rings. The molecule has 3 aromatic rings. The number of carbonyl (C=O) groups excluding carboxylic acids is 1. The Labute approximate surface area is 166 Å². The van der Waals surface area contributed by atoms with Crippen molar-refractivity contribution in [3.05, 3.63) is 71.4 Å². The van der Waals surface area contributed by atoms with E-state index in [2.05, 4.69) is 15.2 Å². The van der Waals surface area contributed by atoms with Crippen molar-refractivity contribution in [2.45, 2.75) is 6.04 Å². The summed E-state index contributed by atoms with van der Waals surface area (Å²) in [6.07, 6.45) is 0. The third-order valence-electron chi connectivity index (χ3n) is 4.65. The maximum atomic E-state index is 13.1. The van der Waals surface area contributed by atoms with Crippen molar-refractivity contribution in [1.82, 2.24) is 9.88 Å². The van der Waals surface area contributed by atoms with Crippen LogP contribution in [0.3, 0.4) is 0 Å². The van der Waals surface area contributed by atoms with E-state index in [1.807, 2.05) is 35.7 Å². The minimum Gasteiger partial charge on any atom is -0.379 e. The number of halogens is 1. The van der Waals surface area contributed by atoms with Crippen molar-refractivity contribution in [3.8, 4) is 11.3 Å². The lowest BCUT2D eigenvalue weighted by atomic mass is 10.0. The molecule has 5 nitrogen and oxygen atoms in total. The minimum absolute atomic E-state index is 0.117. The van der Waals surface area contributed by atoms with Crippen LogP contribution in [0, 0.1) is 5.82 Å². The number of nitrogens with zero attached hydrogens (tertiary/aromatic N) is 2. The fraction of sp³-hybridized carbons (Fsp3) is 0.238. The summed E-state index contributed by atoms with van der Waals surface area (Å²) in [6.45, 7) is 2.63. The molecule has 0 spiro atoms. The molecule has 1 aromatic heterocycles. The second-order valence-electron chi connectivity index (χ2n) is 6.50. The van der Waals surface area contributed by atoms with Crippen molar-refractivity contribution >= 4 is 22.4 Å². The first kappa shape index (κ1) is 18.7. The fourth-order valence-electron chi connectivity index (χ4n) is 3.26. The number of hydrogen-bond donors (Lipinski definition) is 1. The predicted molar refractivity (Wildman–Crippen MR) is 108 cm³/mol. The number of thiazole rings is 1. The molecule has 4 rings (SSSR count). The molecule has 2 heterocycles. The van der Waals surface area contributed by atoms with Crippen molar-refractivity contribution in [2.75, 3.05) is 31.6 Å². The summed E-state index contributed by atoms with van der Waals surface area (Å²) < 4.78 is 18.6. The van der Waals surface area contributed by atoms with Crippen LogP contribution in [0.15, 0.2) is 60.0 Å². The Balaban J connectivity index is 1.53. The van der Waals surface area contributed by atoms with Crippen molar-refractivity contribution in [1.29, 1.82) is 0 Å². The van der Waals surface area contributed by atoms with Gasteiger partial charge in [-0.3, -0.25) is 9.69 Å². The lowest BCUT2D eigenvalue weighted by Crippen LogP contribution is -2.43. The van der Waals surface area contributed by atoms with Gasteiger partial charge in [-0.2, -0.15) is 0 Å². The first-order chi connectivity index (χ1) is 13.7. The van der Waals surface area contributed by atoms with E-state index in [4.69, 9.17) is 4.74 Å². The van der Waals surface area contributed by atoms with E-state index in [1.165, 1.54) is 23.5 Å². The van der Waals surface area contributed by atoms with Gasteiger partial charge in [-0.25, -0.2) is 9.37 Å². The van der Waals surface area contributed by atoms with E-state index in [1.54, 1.807) is 12.1 Å². The van der Waals surface area contributed by atoms with E-state index in [0.717, 1.165) is 11.1 Å². The first-order valence-electron chi connectivity index (χ1n) is 9.10. The molecule has 1 amide bonds. The van der Waals surface area contributed by atoms with Crippen LogP contribution < -0.4 is 5.32 Å². The average Bonchev–Trinajstić information content (AvgIpc) is 3.19. The second-order valence-corrected chi connectivity index (χ2v) is 7.35. The summed E-state index contributed by atoms with van der Waals surface area (Å²) in [5.74, 6) is -0.406. The number of amides is 1. The van der Waals surface area contributed by atoms with Crippen molar-refractivity contribution in [3.63, 3.8) is 0 Å². The molecule has 28 heavy (non-hydrogen) atoms. The minimum atomic E-state index is -0.400. The van der Waals surface area contributed by atoms with Gasteiger partial charge in [-0.1, -0.05) is 30.3 Å². The molecular weight excluding hydrogens is 377 g/mol. The summed E-state index contributed by atoms with van der Waals surface area (Å²) >= 11 is 1.36. The standard InChI is InChI=1S/C21H20FN3O2S/c22-17-8-6-15(7-9-17)18-14-28-21(23-18)24-20(26)19(16-4-2-1-3-5-16)25-10-12-27-13-11-25/h1-9,14,19H,10-13H2,(H,23,24,26)/t19-/m0/s1. The molecule has 1 atom stereocenters. The Morgan fingerprint density at radius 1 is 1.11 bits per heavy atom. The highest BCUT2D eigenvalue weighted by molar-refractivity contribution is 7.14. The lowest BCUT2D eigenvalue weighted by molar-refractivity contribution is -0.123. The third-order valence-corrected chi connectivity index (χ3v) is 5.41. The van der Waals surface area contributed by atoms with E-state index >= 15 is 0 Å². The van der Waals surface area contributed by atoms with Crippen LogP contribution in [0.2, 0.25) is 0 Å². The van der Waals surface area contributed by atoms with Crippen LogP contribution in [0.1, 0.15) is 11.6 Å². The highest BCUT2D eigenvalue weighted by atomic mass is 32.1. The summed E-state index contributed by atoms with van der Waals surface area (Å²) in [4.78, 5) is 19.7. The van der Waals surface area contributed by atoms with E-state index in [9.17, 15) is 9.18 Å². The normalized spacial score (nSPS) is 15.9. The van der Waals surface area contributed by atoms with Gasteiger partial charge >= 0.3 is 0 Å². The van der Waals surface area contributed by atoms with Crippen LogP contribution in [0.25, 0.3) is 11.3 Å².